The number of sulfone groups is 1. The summed E-state index contributed by atoms with van der Waals surface area (Å²) in [5.74, 6) is 0.142. The maximum Gasteiger partial charge on any atom is 0.248 e. The molecule has 2 saturated heterocycles. The summed E-state index contributed by atoms with van der Waals surface area (Å²) in [6.07, 6.45) is 1.17. The summed E-state index contributed by atoms with van der Waals surface area (Å²) in [4.78, 5) is 18.4. The van der Waals surface area contributed by atoms with E-state index in [1.165, 1.54) is 11.8 Å². The molecule has 2 heterocycles. The maximum absolute atomic E-state index is 12.1. The third-order valence-electron chi connectivity index (χ3n) is 4.43. The van der Waals surface area contributed by atoms with E-state index >= 15 is 0 Å². The Hall–Kier alpha value is -1.34. The van der Waals surface area contributed by atoms with Crippen LogP contribution in [0.2, 0.25) is 0 Å². The van der Waals surface area contributed by atoms with Gasteiger partial charge in [0.25, 0.3) is 0 Å². The van der Waals surface area contributed by atoms with Crippen molar-refractivity contribution in [2.45, 2.75) is 44.9 Å². The van der Waals surface area contributed by atoms with Crippen LogP contribution in [0.5, 0.6) is 0 Å². The number of anilines is 1. The number of hydrogen-bond acceptors (Lipinski definition) is 4. The van der Waals surface area contributed by atoms with E-state index < -0.39 is 9.84 Å². The van der Waals surface area contributed by atoms with Crippen LogP contribution in [0.1, 0.15) is 30.9 Å². The Bertz CT molecular complexity index is 782. The molecule has 1 aromatic rings. The van der Waals surface area contributed by atoms with Crippen LogP contribution in [0.25, 0.3) is 0 Å². The summed E-state index contributed by atoms with van der Waals surface area (Å²) < 4.78 is 24.2. The Morgan fingerprint density at radius 1 is 1.29 bits per heavy atom. The predicted octanol–water partition coefficient (Wildman–Crippen LogP) is 2.70. The SMILES string of the molecule is CCCC(=O)N=C1S[C@@H]2CS(=O)(=O)C[C@H]2N1c1c(C)cccc1C. The lowest BCUT2D eigenvalue weighted by Crippen LogP contribution is -2.38. The molecule has 3 rings (SSSR count). The number of fused-ring (bicyclic) bond motifs is 1. The number of aliphatic imine (C=N–C) groups is 1. The van der Waals surface area contributed by atoms with Crippen LogP contribution in [-0.4, -0.2) is 42.3 Å². The molecular formula is C17H22N2O3S2. The Morgan fingerprint density at radius 2 is 1.96 bits per heavy atom. The topological polar surface area (TPSA) is 66.8 Å². The number of aryl methyl sites for hydroxylation is 2. The van der Waals surface area contributed by atoms with Gasteiger partial charge in [0.1, 0.15) is 0 Å². The lowest BCUT2D eigenvalue weighted by Gasteiger charge is -2.27. The average molecular weight is 367 g/mol. The molecule has 2 aliphatic rings. The molecular weight excluding hydrogens is 344 g/mol. The molecule has 24 heavy (non-hydrogen) atoms. The molecule has 0 saturated carbocycles. The van der Waals surface area contributed by atoms with Crippen molar-refractivity contribution in [2.24, 2.45) is 4.99 Å². The van der Waals surface area contributed by atoms with Crippen molar-refractivity contribution in [3.63, 3.8) is 0 Å². The number of thioether (sulfide) groups is 1. The first-order valence-corrected chi connectivity index (χ1v) is 10.9. The van der Waals surface area contributed by atoms with E-state index in [9.17, 15) is 13.2 Å². The van der Waals surface area contributed by atoms with E-state index in [1.807, 2.05) is 43.9 Å². The lowest BCUT2D eigenvalue weighted by atomic mass is 10.1. The van der Waals surface area contributed by atoms with Gasteiger partial charge in [-0.05, 0) is 31.4 Å². The summed E-state index contributed by atoms with van der Waals surface area (Å²) in [6, 6.07) is 5.86. The Morgan fingerprint density at radius 3 is 2.58 bits per heavy atom. The smallest absolute Gasteiger partial charge is 0.248 e. The molecule has 0 bridgehead atoms. The Labute approximate surface area is 147 Å². The van der Waals surface area contributed by atoms with Crippen molar-refractivity contribution in [3.8, 4) is 0 Å². The number of amides is 1. The fraction of sp³-hybridized carbons (Fsp3) is 0.529. The number of carbonyl (C=O) groups excluding carboxylic acids is 1. The molecule has 2 fully saturated rings. The second-order valence-corrected chi connectivity index (χ2v) is 9.81. The highest BCUT2D eigenvalue weighted by atomic mass is 32.2. The standard InChI is InChI=1S/C17H22N2O3S2/c1-4-6-15(20)18-17-19(16-11(2)7-5-8-12(16)3)13-9-24(21,22)10-14(13)23-17/h5,7-8,13-14H,4,6,9-10H2,1-3H3/t13-,14-/m1/s1. The van der Waals surface area contributed by atoms with Gasteiger partial charge in [0, 0.05) is 17.4 Å². The zero-order valence-electron chi connectivity index (χ0n) is 14.2. The normalized spacial score (nSPS) is 26.8. The van der Waals surface area contributed by atoms with Gasteiger partial charge in [-0.1, -0.05) is 36.9 Å². The second-order valence-electron chi connectivity index (χ2n) is 6.45. The molecule has 7 heteroatoms. The number of carbonyl (C=O) groups is 1. The van der Waals surface area contributed by atoms with Gasteiger partial charge in [0.2, 0.25) is 5.91 Å². The fourth-order valence-corrected chi connectivity index (χ4v) is 7.31. The van der Waals surface area contributed by atoms with Crippen LogP contribution in [0.4, 0.5) is 5.69 Å². The molecule has 0 N–H and O–H groups in total. The van der Waals surface area contributed by atoms with Gasteiger partial charge in [-0.3, -0.25) is 4.79 Å². The number of nitrogens with zero attached hydrogens (tertiary/aromatic N) is 2. The molecule has 5 nitrogen and oxygen atoms in total. The first-order chi connectivity index (χ1) is 11.3. The summed E-state index contributed by atoms with van der Waals surface area (Å²) in [7, 11) is -3.04. The fourth-order valence-electron chi connectivity index (χ4n) is 3.39. The molecule has 1 amide bonds. The number of para-hydroxylation sites is 1. The molecule has 0 aliphatic carbocycles. The van der Waals surface area contributed by atoms with Crippen molar-refractivity contribution in [1.82, 2.24) is 0 Å². The highest BCUT2D eigenvalue weighted by Crippen LogP contribution is 2.43. The quantitative estimate of drug-likeness (QED) is 0.823. The maximum atomic E-state index is 12.1. The molecule has 0 aromatic heterocycles. The van der Waals surface area contributed by atoms with Crippen molar-refractivity contribution in [2.75, 3.05) is 16.4 Å². The van der Waals surface area contributed by atoms with Gasteiger partial charge in [-0.2, -0.15) is 4.99 Å². The first-order valence-electron chi connectivity index (χ1n) is 8.16. The lowest BCUT2D eigenvalue weighted by molar-refractivity contribution is -0.117. The van der Waals surface area contributed by atoms with Crippen LogP contribution < -0.4 is 4.90 Å². The van der Waals surface area contributed by atoms with Crippen molar-refractivity contribution >= 4 is 38.4 Å². The Balaban J connectivity index is 2.07. The van der Waals surface area contributed by atoms with Crippen molar-refractivity contribution in [3.05, 3.63) is 29.3 Å². The minimum atomic E-state index is -3.04. The van der Waals surface area contributed by atoms with Gasteiger partial charge in [0.05, 0.1) is 17.5 Å². The van der Waals surface area contributed by atoms with E-state index in [4.69, 9.17) is 0 Å². The van der Waals surface area contributed by atoms with Crippen LogP contribution in [0, 0.1) is 13.8 Å². The average Bonchev–Trinajstić information content (AvgIpc) is 2.92. The molecule has 2 aliphatic heterocycles. The number of benzene rings is 1. The number of rotatable bonds is 3. The van der Waals surface area contributed by atoms with Gasteiger partial charge in [-0.25, -0.2) is 8.42 Å². The highest BCUT2D eigenvalue weighted by Gasteiger charge is 2.49. The minimum Gasteiger partial charge on any atom is -0.315 e. The zero-order valence-corrected chi connectivity index (χ0v) is 15.8. The van der Waals surface area contributed by atoms with Gasteiger partial charge >= 0.3 is 0 Å². The van der Waals surface area contributed by atoms with E-state index in [1.54, 1.807) is 0 Å². The van der Waals surface area contributed by atoms with E-state index in [-0.39, 0.29) is 28.7 Å². The van der Waals surface area contributed by atoms with Crippen LogP contribution in [0.3, 0.4) is 0 Å². The zero-order chi connectivity index (χ0) is 17.5. The van der Waals surface area contributed by atoms with Crippen molar-refractivity contribution < 1.29 is 13.2 Å². The monoisotopic (exact) mass is 366 g/mol. The largest absolute Gasteiger partial charge is 0.315 e. The van der Waals surface area contributed by atoms with Gasteiger partial charge in [0.15, 0.2) is 15.0 Å². The second kappa shape index (κ2) is 6.52. The first kappa shape index (κ1) is 17.5. The van der Waals surface area contributed by atoms with Crippen LogP contribution >= 0.6 is 11.8 Å². The Kier molecular flexibility index (Phi) is 4.75. The number of hydrogen-bond donors (Lipinski definition) is 0. The third kappa shape index (κ3) is 3.24. The number of amidine groups is 1. The summed E-state index contributed by atoms with van der Waals surface area (Å²) in [6.45, 7) is 5.97. The van der Waals surface area contributed by atoms with Crippen molar-refractivity contribution in [1.29, 1.82) is 0 Å². The van der Waals surface area contributed by atoms with Crippen LogP contribution in [0.15, 0.2) is 23.2 Å². The van der Waals surface area contributed by atoms with Gasteiger partial charge in [-0.15, -0.1) is 0 Å². The molecule has 0 radical (unpaired) electrons. The summed E-state index contributed by atoms with van der Waals surface area (Å²) in [5, 5.41) is 0.595. The summed E-state index contributed by atoms with van der Waals surface area (Å²) >= 11 is 1.43. The molecule has 130 valence electrons. The van der Waals surface area contributed by atoms with E-state index in [2.05, 4.69) is 4.99 Å². The van der Waals surface area contributed by atoms with Gasteiger partial charge < -0.3 is 4.90 Å². The highest BCUT2D eigenvalue weighted by molar-refractivity contribution is 8.16. The van der Waals surface area contributed by atoms with Crippen LogP contribution in [-0.2, 0) is 14.6 Å². The molecule has 0 spiro atoms. The molecule has 2 atom stereocenters. The van der Waals surface area contributed by atoms with E-state index in [0.717, 1.165) is 23.2 Å². The summed E-state index contributed by atoms with van der Waals surface area (Å²) in [5.41, 5.74) is 3.12. The minimum absolute atomic E-state index is 0.0535. The van der Waals surface area contributed by atoms with E-state index in [0.29, 0.717) is 11.6 Å². The predicted molar refractivity (Wildman–Crippen MR) is 99.6 cm³/mol. The molecule has 0 unspecified atom stereocenters. The third-order valence-corrected chi connectivity index (χ3v) is 7.64. The molecule has 1 aromatic carbocycles.